The van der Waals surface area contributed by atoms with Crippen LogP contribution in [0, 0.1) is 0 Å². The highest BCUT2D eigenvalue weighted by Gasteiger charge is 2.08. The second kappa shape index (κ2) is 3.84. The first-order valence-corrected chi connectivity index (χ1v) is 5.46. The molecule has 0 saturated heterocycles. The molecule has 0 bridgehead atoms. The molecule has 1 atom stereocenters. The number of nitrogens with zero attached hydrogens (tertiary/aromatic N) is 2. The van der Waals surface area contributed by atoms with Crippen molar-refractivity contribution < 1.29 is 0 Å². The van der Waals surface area contributed by atoms with Crippen molar-refractivity contribution in [1.29, 1.82) is 0 Å². The zero-order chi connectivity index (χ0) is 9.97. The van der Waals surface area contributed by atoms with Gasteiger partial charge in [-0.25, -0.2) is 4.98 Å². The average Bonchev–Trinajstić information content (AvgIpc) is 2.75. The van der Waals surface area contributed by atoms with Crippen LogP contribution in [0.4, 0.5) is 5.95 Å². The summed E-state index contributed by atoms with van der Waals surface area (Å²) in [6.45, 7) is 2.15. The predicted octanol–water partition coefficient (Wildman–Crippen LogP) is 2.33. The number of nitrogens with two attached hydrogens (primary N) is 1. The molecule has 2 N–H and O–H groups in total. The predicted molar refractivity (Wildman–Crippen MR) is 59.4 cm³/mol. The third-order valence-corrected chi connectivity index (χ3v) is 3.15. The van der Waals surface area contributed by atoms with Crippen molar-refractivity contribution in [2.75, 3.05) is 5.73 Å². The molecule has 0 spiro atoms. The number of hydrogen-bond donors (Lipinski definition) is 1. The van der Waals surface area contributed by atoms with Gasteiger partial charge in [-0.3, -0.25) is 0 Å². The molecule has 2 aromatic heterocycles. The maximum Gasteiger partial charge on any atom is 0.200 e. The van der Waals surface area contributed by atoms with E-state index < -0.39 is 0 Å². The van der Waals surface area contributed by atoms with E-state index in [-0.39, 0.29) is 0 Å². The lowest BCUT2D eigenvalue weighted by Crippen LogP contribution is -2.09. The molecular formula is C10H13N3S. The number of thiophene rings is 1. The number of rotatable bonds is 3. The van der Waals surface area contributed by atoms with E-state index in [4.69, 9.17) is 5.73 Å². The Morgan fingerprint density at radius 2 is 2.50 bits per heavy atom. The molecular weight excluding hydrogens is 194 g/mol. The minimum atomic E-state index is 0.371. The number of aromatic nitrogens is 2. The van der Waals surface area contributed by atoms with Crippen LogP contribution in [0.5, 0.6) is 0 Å². The van der Waals surface area contributed by atoms with Crippen LogP contribution in [-0.2, 0) is 6.42 Å². The van der Waals surface area contributed by atoms with Gasteiger partial charge in [-0.2, -0.15) is 0 Å². The number of anilines is 1. The largest absolute Gasteiger partial charge is 0.369 e. The highest BCUT2D eigenvalue weighted by Crippen LogP contribution is 2.19. The van der Waals surface area contributed by atoms with Crippen LogP contribution in [-0.4, -0.2) is 9.55 Å². The van der Waals surface area contributed by atoms with Gasteiger partial charge in [-0.1, -0.05) is 6.07 Å². The molecule has 0 aliphatic heterocycles. The summed E-state index contributed by atoms with van der Waals surface area (Å²) >= 11 is 1.78. The molecule has 2 heterocycles. The van der Waals surface area contributed by atoms with Crippen molar-refractivity contribution in [2.24, 2.45) is 0 Å². The molecule has 2 rings (SSSR count). The summed E-state index contributed by atoms with van der Waals surface area (Å²) < 4.78 is 2.00. The quantitative estimate of drug-likeness (QED) is 0.839. The smallest absolute Gasteiger partial charge is 0.200 e. The van der Waals surface area contributed by atoms with Crippen molar-refractivity contribution in [1.82, 2.24) is 9.55 Å². The Morgan fingerprint density at radius 3 is 3.07 bits per heavy atom. The molecule has 0 aliphatic rings. The van der Waals surface area contributed by atoms with Crippen LogP contribution >= 0.6 is 11.3 Å². The van der Waals surface area contributed by atoms with Gasteiger partial charge in [-0.15, -0.1) is 11.3 Å². The Hall–Kier alpha value is -1.29. The zero-order valence-electron chi connectivity index (χ0n) is 8.05. The molecule has 74 valence electrons. The molecule has 0 amide bonds. The van der Waals surface area contributed by atoms with E-state index in [0.717, 1.165) is 6.42 Å². The summed E-state index contributed by atoms with van der Waals surface area (Å²) in [6.07, 6.45) is 4.67. The highest BCUT2D eigenvalue weighted by atomic mass is 32.1. The van der Waals surface area contributed by atoms with Crippen LogP contribution in [0.15, 0.2) is 29.9 Å². The van der Waals surface area contributed by atoms with Crippen molar-refractivity contribution in [2.45, 2.75) is 19.4 Å². The number of nitrogen functional groups attached to an aromatic ring is 1. The third-order valence-electron chi connectivity index (χ3n) is 2.25. The summed E-state index contributed by atoms with van der Waals surface area (Å²) in [6, 6.07) is 4.59. The fraction of sp³-hybridized carbons (Fsp3) is 0.300. The SMILES string of the molecule is CC(Cc1cccs1)n1ccnc1N. The summed E-state index contributed by atoms with van der Waals surface area (Å²) in [5, 5.41) is 2.10. The highest BCUT2D eigenvalue weighted by molar-refractivity contribution is 7.09. The van der Waals surface area contributed by atoms with Crippen LogP contribution in [0.1, 0.15) is 17.8 Å². The Morgan fingerprint density at radius 1 is 1.64 bits per heavy atom. The van der Waals surface area contributed by atoms with Crippen molar-refractivity contribution in [3.63, 3.8) is 0 Å². The van der Waals surface area contributed by atoms with E-state index in [9.17, 15) is 0 Å². The molecule has 0 aliphatic carbocycles. The molecule has 0 radical (unpaired) electrons. The molecule has 0 aromatic carbocycles. The van der Waals surface area contributed by atoms with Gasteiger partial charge in [0.2, 0.25) is 0 Å². The van der Waals surface area contributed by atoms with Crippen LogP contribution in [0.25, 0.3) is 0 Å². The van der Waals surface area contributed by atoms with E-state index in [0.29, 0.717) is 12.0 Å². The van der Waals surface area contributed by atoms with Crippen LogP contribution in [0.2, 0.25) is 0 Å². The molecule has 3 nitrogen and oxygen atoms in total. The standard InChI is InChI=1S/C10H13N3S/c1-8(7-9-3-2-6-14-9)13-5-4-12-10(13)11/h2-6,8H,7H2,1H3,(H2,11,12). The summed E-state index contributed by atoms with van der Waals surface area (Å²) in [5.41, 5.74) is 5.73. The minimum absolute atomic E-state index is 0.371. The maximum atomic E-state index is 5.73. The Bertz CT molecular complexity index is 391. The Labute approximate surface area is 87.2 Å². The van der Waals surface area contributed by atoms with E-state index in [1.807, 2.05) is 10.8 Å². The van der Waals surface area contributed by atoms with Gasteiger partial charge < -0.3 is 10.3 Å². The fourth-order valence-electron chi connectivity index (χ4n) is 1.52. The van der Waals surface area contributed by atoms with E-state index in [2.05, 4.69) is 29.4 Å². The van der Waals surface area contributed by atoms with Gasteiger partial charge >= 0.3 is 0 Å². The van der Waals surface area contributed by atoms with E-state index >= 15 is 0 Å². The molecule has 1 unspecified atom stereocenters. The van der Waals surface area contributed by atoms with Gasteiger partial charge in [0.25, 0.3) is 0 Å². The lowest BCUT2D eigenvalue weighted by Gasteiger charge is -2.13. The normalized spacial score (nSPS) is 12.9. The van der Waals surface area contributed by atoms with E-state index in [1.54, 1.807) is 17.5 Å². The second-order valence-corrected chi connectivity index (χ2v) is 4.36. The molecule has 0 saturated carbocycles. The lowest BCUT2D eigenvalue weighted by molar-refractivity contribution is 0.556. The topological polar surface area (TPSA) is 43.8 Å². The first kappa shape index (κ1) is 9.27. The molecule has 4 heteroatoms. The molecule has 0 fully saturated rings. The Balaban J connectivity index is 2.10. The van der Waals surface area contributed by atoms with Gasteiger partial charge in [-0.05, 0) is 18.4 Å². The van der Waals surface area contributed by atoms with Crippen molar-refractivity contribution >= 4 is 17.3 Å². The van der Waals surface area contributed by atoms with E-state index in [1.165, 1.54) is 4.88 Å². The monoisotopic (exact) mass is 207 g/mol. The number of hydrogen-bond acceptors (Lipinski definition) is 3. The fourth-order valence-corrected chi connectivity index (χ4v) is 2.34. The van der Waals surface area contributed by atoms with Crippen molar-refractivity contribution in [3.8, 4) is 0 Å². The summed E-state index contributed by atoms with van der Waals surface area (Å²) in [7, 11) is 0. The van der Waals surface area contributed by atoms with Gasteiger partial charge in [0.05, 0.1) is 0 Å². The lowest BCUT2D eigenvalue weighted by atomic mass is 10.2. The minimum Gasteiger partial charge on any atom is -0.369 e. The molecule has 14 heavy (non-hydrogen) atoms. The second-order valence-electron chi connectivity index (χ2n) is 3.33. The van der Waals surface area contributed by atoms with Crippen molar-refractivity contribution in [3.05, 3.63) is 34.8 Å². The Kier molecular flexibility index (Phi) is 2.54. The summed E-state index contributed by atoms with van der Waals surface area (Å²) in [4.78, 5) is 5.39. The summed E-state index contributed by atoms with van der Waals surface area (Å²) in [5.74, 6) is 0.592. The third kappa shape index (κ3) is 1.80. The van der Waals surface area contributed by atoms with Crippen LogP contribution < -0.4 is 5.73 Å². The maximum absolute atomic E-state index is 5.73. The first-order valence-electron chi connectivity index (χ1n) is 4.58. The first-order chi connectivity index (χ1) is 6.77. The number of imidazole rings is 1. The van der Waals surface area contributed by atoms with Crippen LogP contribution in [0.3, 0.4) is 0 Å². The van der Waals surface area contributed by atoms with Gasteiger partial charge in [0.15, 0.2) is 5.95 Å². The average molecular weight is 207 g/mol. The zero-order valence-corrected chi connectivity index (χ0v) is 8.87. The van der Waals surface area contributed by atoms with Gasteiger partial charge in [0, 0.05) is 29.7 Å². The molecule has 2 aromatic rings. The van der Waals surface area contributed by atoms with Gasteiger partial charge in [0.1, 0.15) is 0 Å².